The van der Waals surface area contributed by atoms with Gasteiger partial charge in [-0.3, -0.25) is 4.79 Å². The zero-order valence-electron chi connectivity index (χ0n) is 7.29. The van der Waals surface area contributed by atoms with Crippen molar-refractivity contribution in [1.82, 2.24) is 5.32 Å². The van der Waals surface area contributed by atoms with E-state index < -0.39 is 5.97 Å². The lowest BCUT2D eigenvalue weighted by molar-refractivity contribution is -0.135. The Kier molecular flexibility index (Phi) is 3.99. The summed E-state index contributed by atoms with van der Waals surface area (Å²) >= 11 is 0. The number of benzene rings is 1. The summed E-state index contributed by atoms with van der Waals surface area (Å²) in [6, 6.07) is 10.8. The maximum Gasteiger partial charge on any atom is 0.317 e. The van der Waals surface area contributed by atoms with Crippen molar-refractivity contribution in [3.8, 4) is 0 Å². The van der Waals surface area contributed by atoms with Gasteiger partial charge in [0.05, 0.1) is 6.54 Å². The molecule has 0 heterocycles. The van der Waals surface area contributed by atoms with Crippen molar-refractivity contribution in [2.75, 3.05) is 13.1 Å². The Labute approximate surface area is 77.4 Å². The van der Waals surface area contributed by atoms with Crippen molar-refractivity contribution in [3.63, 3.8) is 0 Å². The van der Waals surface area contributed by atoms with Crippen molar-refractivity contribution in [2.24, 2.45) is 0 Å². The van der Waals surface area contributed by atoms with E-state index in [0.717, 1.165) is 12.0 Å². The second kappa shape index (κ2) is 5.32. The zero-order valence-corrected chi connectivity index (χ0v) is 7.29. The quantitative estimate of drug-likeness (QED) is 0.653. The first kappa shape index (κ1) is 9.74. The molecule has 0 amide bonds. The SMILES string of the molecule is O=C(O)CNCCc1[c]cccc1. The molecule has 0 bridgehead atoms. The minimum atomic E-state index is -0.822. The van der Waals surface area contributed by atoms with Crippen LogP contribution in [0.2, 0.25) is 0 Å². The second-order valence-electron chi connectivity index (χ2n) is 2.71. The maximum absolute atomic E-state index is 10.1. The summed E-state index contributed by atoms with van der Waals surface area (Å²) in [7, 11) is 0. The first-order chi connectivity index (χ1) is 6.29. The van der Waals surface area contributed by atoms with Gasteiger partial charge in [0.1, 0.15) is 0 Å². The highest BCUT2D eigenvalue weighted by Gasteiger charge is 1.95. The van der Waals surface area contributed by atoms with Crippen LogP contribution in [0.1, 0.15) is 5.56 Å². The molecular formula is C10H12NO2. The number of carboxylic acid groups (broad SMARTS) is 1. The third kappa shape index (κ3) is 4.28. The van der Waals surface area contributed by atoms with E-state index in [4.69, 9.17) is 5.11 Å². The minimum Gasteiger partial charge on any atom is -0.480 e. The first-order valence-corrected chi connectivity index (χ1v) is 4.17. The van der Waals surface area contributed by atoms with Gasteiger partial charge < -0.3 is 10.4 Å². The van der Waals surface area contributed by atoms with Crippen molar-refractivity contribution in [2.45, 2.75) is 6.42 Å². The van der Waals surface area contributed by atoms with E-state index in [-0.39, 0.29) is 6.54 Å². The van der Waals surface area contributed by atoms with Crippen LogP contribution in [0, 0.1) is 6.07 Å². The van der Waals surface area contributed by atoms with Crippen LogP contribution < -0.4 is 5.32 Å². The summed E-state index contributed by atoms with van der Waals surface area (Å²) in [5.74, 6) is -0.822. The summed E-state index contributed by atoms with van der Waals surface area (Å²) in [5.41, 5.74) is 1.10. The molecule has 0 spiro atoms. The van der Waals surface area contributed by atoms with Gasteiger partial charge in [-0.1, -0.05) is 24.3 Å². The second-order valence-corrected chi connectivity index (χ2v) is 2.71. The van der Waals surface area contributed by atoms with E-state index in [1.54, 1.807) is 0 Å². The zero-order chi connectivity index (χ0) is 9.52. The largest absolute Gasteiger partial charge is 0.480 e. The van der Waals surface area contributed by atoms with Gasteiger partial charge in [-0.05, 0) is 24.6 Å². The topological polar surface area (TPSA) is 49.3 Å². The van der Waals surface area contributed by atoms with E-state index in [2.05, 4.69) is 11.4 Å². The van der Waals surface area contributed by atoms with E-state index in [1.807, 2.05) is 24.3 Å². The molecule has 0 atom stereocenters. The molecule has 3 nitrogen and oxygen atoms in total. The summed E-state index contributed by atoms with van der Waals surface area (Å²) in [4.78, 5) is 10.1. The Balaban J connectivity index is 2.17. The number of hydrogen-bond donors (Lipinski definition) is 2. The molecule has 1 aromatic carbocycles. The minimum absolute atomic E-state index is 0.0207. The molecule has 1 radical (unpaired) electrons. The van der Waals surface area contributed by atoms with Crippen LogP contribution in [0.3, 0.4) is 0 Å². The molecule has 0 saturated heterocycles. The number of carbonyl (C=O) groups is 1. The molecule has 0 unspecified atom stereocenters. The van der Waals surface area contributed by atoms with Gasteiger partial charge in [-0.2, -0.15) is 0 Å². The molecule has 0 fully saturated rings. The lowest BCUT2D eigenvalue weighted by Crippen LogP contribution is -2.24. The van der Waals surface area contributed by atoms with Crippen molar-refractivity contribution in [3.05, 3.63) is 35.9 Å². The van der Waals surface area contributed by atoms with Gasteiger partial charge in [0.2, 0.25) is 0 Å². The molecule has 0 aliphatic carbocycles. The third-order valence-corrected chi connectivity index (χ3v) is 1.62. The summed E-state index contributed by atoms with van der Waals surface area (Å²) < 4.78 is 0. The Hall–Kier alpha value is -1.35. The summed E-state index contributed by atoms with van der Waals surface area (Å²) in [5, 5.41) is 11.2. The number of carboxylic acids is 1. The number of aliphatic carboxylic acids is 1. The smallest absolute Gasteiger partial charge is 0.317 e. The predicted octanol–water partition coefficient (Wildman–Crippen LogP) is 0.703. The molecule has 0 saturated carbocycles. The molecule has 2 N–H and O–H groups in total. The fraction of sp³-hybridized carbons (Fsp3) is 0.300. The molecule has 0 aliphatic rings. The van der Waals surface area contributed by atoms with Crippen LogP contribution in [0.25, 0.3) is 0 Å². The molecule has 13 heavy (non-hydrogen) atoms. The van der Waals surface area contributed by atoms with Gasteiger partial charge in [-0.15, -0.1) is 0 Å². The Morgan fingerprint density at radius 3 is 3.00 bits per heavy atom. The average molecular weight is 178 g/mol. The molecule has 0 aromatic heterocycles. The van der Waals surface area contributed by atoms with Gasteiger partial charge in [0.25, 0.3) is 0 Å². The van der Waals surface area contributed by atoms with Crippen LogP contribution in [-0.4, -0.2) is 24.2 Å². The van der Waals surface area contributed by atoms with Crippen LogP contribution in [-0.2, 0) is 11.2 Å². The molecule has 1 aromatic rings. The molecule has 1 rings (SSSR count). The van der Waals surface area contributed by atoms with Crippen LogP contribution in [0.4, 0.5) is 0 Å². The summed E-state index contributed by atoms with van der Waals surface area (Å²) in [6.07, 6.45) is 0.814. The highest BCUT2D eigenvalue weighted by atomic mass is 16.4. The van der Waals surface area contributed by atoms with Crippen molar-refractivity contribution in [1.29, 1.82) is 0 Å². The van der Waals surface area contributed by atoms with Gasteiger partial charge >= 0.3 is 5.97 Å². The highest BCUT2D eigenvalue weighted by molar-refractivity contribution is 5.68. The number of rotatable bonds is 5. The highest BCUT2D eigenvalue weighted by Crippen LogP contribution is 1.96. The van der Waals surface area contributed by atoms with E-state index >= 15 is 0 Å². The average Bonchev–Trinajstić information content (AvgIpc) is 2.14. The van der Waals surface area contributed by atoms with Gasteiger partial charge in [0, 0.05) is 0 Å². The molecular weight excluding hydrogens is 166 g/mol. The van der Waals surface area contributed by atoms with Crippen LogP contribution >= 0.6 is 0 Å². The van der Waals surface area contributed by atoms with Crippen LogP contribution in [0.15, 0.2) is 24.3 Å². The number of hydrogen-bond acceptors (Lipinski definition) is 2. The van der Waals surface area contributed by atoms with Crippen molar-refractivity contribution >= 4 is 5.97 Å². The van der Waals surface area contributed by atoms with E-state index in [0.29, 0.717) is 6.54 Å². The molecule has 0 aliphatic heterocycles. The normalized spacial score (nSPS) is 9.85. The third-order valence-electron chi connectivity index (χ3n) is 1.62. The fourth-order valence-corrected chi connectivity index (χ4v) is 1.00. The Bertz CT molecular complexity index is 259. The predicted molar refractivity (Wildman–Crippen MR) is 49.5 cm³/mol. The lowest BCUT2D eigenvalue weighted by Gasteiger charge is -2.00. The summed E-state index contributed by atoms with van der Waals surface area (Å²) in [6.45, 7) is 0.694. The number of nitrogens with one attached hydrogen (secondary N) is 1. The lowest BCUT2D eigenvalue weighted by atomic mass is 10.1. The fourth-order valence-electron chi connectivity index (χ4n) is 1.00. The van der Waals surface area contributed by atoms with E-state index in [1.165, 1.54) is 0 Å². The van der Waals surface area contributed by atoms with Gasteiger partial charge in [0.15, 0.2) is 0 Å². The Morgan fingerprint density at radius 1 is 1.54 bits per heavy atom. The molecule has 69 valence electrons. The van der Waals surface area contributed by atoms with Crippen molar-refractivity contribution < 1.29 is 9.90 Å². The first-order valence-electron chi connectivity index (χ1n) is 4.17. The maximum atomic E-state index is 10.1. The van der Waals surface area contributed by atoms with Gasteiger partial charge in [-0.25, -0.2) is 0 Å². The van der Waals surface area contributed by atoms with Crippen LogP contribution in [0.5, 0.6) is 0 Å². The monoisotopic (exact) mass is 178 g/mol. The standard InChI is InChI=1S/C10H12NO2/c12-10(13)8-11-7-6-9-4-2-1-3-5-9/h1-4,11H,6-8H2,(H,12,13). The Morgan fingerprint density at radius 2 is 2.38 bits per heavy atom. The molecule has 3 heteroatoms. The van der Waals surface area contributed by atoms with E-state index in [9.17, 15) is 4.79 Å².